The number of carbonyl (C=O) groups is 1. The van der Waals surface area contributed by atoms with Crippen LogP contribution in [0.4, 0.5) is 18.0 Å². The molecule has 0 aliphatic carbocycles. The van der Waals surface area contributed by atoms with Gasteiger partial charge in [0.1, 0.15) is 0 Å². The van der Waals surface area contributed by atoms with E-state index in [0.717, 1.165) is 12.1 Å². The highest BCUT2D eigenvalue weighted by molar-refractivity contribution is 5.73. The normalized spacial score (nSPS) is 14.4. The largest absolute Gasteiger partial charge is 0.416 e. The Hall–Kier alpha value is -1.76. The number of aliphatic hydroxyl groups is 1. The lowest BCUT2D eigenvalue weighted by atomic mass is 10.00. The molecule has 4 nitrogen and oxygen atoms in total. The Morgan fingerprint density at radius 1 is 1.14 bits per heavy atom. The fourth-order valence-corrected chi connectivity index (χ4v) is 1.67. The lowest BCUT2D eigenvalue weighted by Crippen LogP contribution is -2.40. The second-order valence-electron chi connectivity index (χ2n) is 4.96. The van der Waals surface area contributed by atoms with Gasteiger partial charge in [-0.25, -0.2) is 4.79 Å². The molecule has 0 aromatic heterocycles. The number of carbonyl (C=O) groups excluding carboxylic acids is 1. The van der Waals surface area contributed by atoms with E-state index in [0.29, 0.717) is 5.56 Å². The molecule has 1 aromatic rings. The Kier molecular flexibility index (Phi) is 6.02. The first-order chi connectivity index (χ1) is 9.70. The molecule has 2 atom stereocenters. The van der Waals surface area contributed by atoms with E-state index in [4.69, 9.17) is 5.11 Å². The van der Waals surface area contributed by atoms with Crippen molar-refractivity contribution in [1.29, 1.82) is 0 Å². The SMILES string of the molecule is CC(CNC(=O)NC[C@@H](C)O)c1ccc(C(F)(F)F)cc1. The van der Waals surface area contributed by atoms with Crippen LogP contribution in [0, 0.1) is 0 Å². The second kappa shape index (κ2) is 7.31. The van der Waals surface area contributed by atoms with E-state index in [-0.39, 0.29) is 19.0 Å². The minimum absolute atomic E-state index is 0.121. The van der Waals surface area contributed by atoms with Crippen molar-refractivity contribution < 1.29 is 23.1 Å². The molecule has 0 spiro atoms. The lowest BCUT2D eigenvalue weighted by Gasteiger charge is -2.15. The van der Waals surface area contributed by atoms with E-state index in [2.05, 4.69) is 10.6 Å². The summed E-state index contributed by atoms with van der Waals surface area (Å²) in [5.41, 5.74) is 0.0138. The van der Waals surface area contributed by atoms with Crippen molar-refractivity contribution in [2.45, 2.75) is 32.0 Å². The van der Waals surface area contributed by atoms with Gasteiger partial charge < -0.3 is 15.7 Å². The average Bonchev–Trinajstić information content (AvgIpc) is 2.41. The third kappa shape index (κ3) is 6.03. The van der Waals surface area contributed by atoms with Gasteiger partial charge in [0.2, 0.25) is 0 Å². The van der Waals surface area contributed by atoms with Crippen molar-refractivity contribution in [3.8, 4) is 0 Å². The highest BCUT2D eigenvalue weighted by Gasteiger charge is 2.30. The van der Waals surface area contributed by atoms with Gasteiger partial charge in [0, 0.05) is 13.1 Å². The molecule has 0 heterocycles. The third-order valence-electron chi connectivity index (χ3n) is 2.93. The molecule has 1 rings (SSSR count). The Morgan fingerprint density at radius 3 is 2.14 bits per heavy atom. The van der Waals surface area contributed by atoms with Gasteiger partial charge in [0.05, 0.1) is 11.7 Å². The number of urea groups is 1. The third-order valence-corrected chi connectivity index (χ3v) is 2.93. The summed E-state index contributed by atoms with van der Waals surface area (Å²) < 4.78 is 37.3. The van der Waals surface area contributed by atoms with Crippen LogP contribution in [0.25, 0.3) is 0 Å². The lowest BCUT2D eigenvalue weighted by molar-refractivity contribution is -0.137. The predicted molar refractivity (Wildman–Crippen MR) is 72.9 cm³/mol. The van der Waals surface area contributed by atoms with Crippen LogP contribution in [-0.2, 0) is 6.18 Å². The number of aliphatic hydroxyl groups excluding tert-OH is 1. The summed E-state index contributed by atoms with van der Waals surface area (Å²) in [5.74, 6) is -0.121. The van der Waals surface area contributed by atoms with Crippen molar-refractivity contribution >= 4 is 6.03 Å². The molecular weight excluding hydrogens is 285 g/mol. The minimum atomic E-state index is -4.35. The van der Waals surface area contributed by atoms with Gasteiger partial charge in [-0.1, -0.05) is 19.1 Å². The highest BCUT2D eigenvalue weighted by Crippen LogP contribution is 2.30. The van der Waals surface area contributed by atoms with Crippen molar-refractivity contribution in [2.75, 3.05) is 13.1 Å². The molecule has 0 saturated heterocycles. The van der Waals surface area contributed by atoms with Crippen molar-refractivity contribution in [3.63, 3.8) is 0 Å². The minimum Gasteiger partial charge on any atom is -0.392 e. The second-order valence-corrected chi connectivity index (χ2v) is 4.96. The van der Waals surface area contributed by atoms with E-state index in [1.54, 1.807) is 13.8 Å². The molecule has 0 saturated carbocycles. The van der Waals surface area contributed by atoms with E-state index in [1.807, 2.05) is 0 Å². The van der Waals surface area contributed by atoms with E-state index in [1.165, 1.54) is 12.1 Å². The van der Waals surface area contributed by atoms with Crippen LogP contribution in [0.2, 0.25) is 0 Å². The molecule has 0 aliphatic rings. The van der Waals surface area contributed by atoms with Crippen LogP contribution in [0.3, 0.4) is 0 Å². The molecule has 3 N–H and O–H groups in total. The number of hydrogen-bond donors (Lipinski definition) is 3. The summed E-state index contributed by atoms with van der Waals surface area (Å²) in [4.78, 5) is 11.4. The molecule has 7 heteroatoms. The number of rotatable bonds is 5. The van der Waals surface area contributed by atoms with Gasteiger partial charge in [-0.05, 0) is 30.5 Å². The first-order valence-corrected chi connectivity index (χ1v) is 6.57. The summed E-state index contributed by atoms with van der Waals surface area (Å²) in [6.07, 6.45) is -4.98. The van der Waals surface area contributed by atoms with Gasteiger partial charge in [0.25, 0.3) is 0 Å². The van der Waals surface area contributed by atoms with E-state index < -0.39 is 23.9 Å². The maximum atomic E-state index is 12.4. The van der Waals surface area contributed by atoms with Crippen LogP contribution in [0.1, 0.15) is 30.9 Å². The Morgan fingerprint density at radius 2 is 1.67 bits per heavy atom. The van der Waals surface area contributed by atoms with Gasteiger partial charge in [-0.15, -0.1) is 0 Å². The molecule has 0 fully saturated rings. The van der Waals surface area contributed by atoms with Crippen LogP contribution in [0.5, 0.6) is 0 Å². The topological polar surface area (TPSA) is 61.4 Å². The molecule has 0 aliphatic heterocycles. The van der Waals surface area contributed by atoms with Crippen molar-refractivity contribution in [1.82, 2.24) is 10.6 Å². The van der Waals surface area contributed by atoms with E-state index >= 15 is 0 Å². The zero-order valence-corrected chi connectivity index (χ0v) is 11.9. The number of hydrogen-bond acceptors (Lipinski definition) is 2. The zero-order valence-electron chi connectivity index (χ0n) is 11.9. The number of halogens is 3. The van der Waals surface area contributed by atoms with Crippen LogP contribution >= 0.6 is 0 Å². The summed E-state index contributed by atoms with van der Waals surface area (Å²) in [5, 5.41) is 14.1. The summed E-state index contributed by atoms with van der Waals surface area (Å²) in [6, 6.07) is 4.44. The predicted octanol–water partition coefficient (Wildman–Crippen LogP) is 2.49. The first kappa shape index (κ1) is 17.3. The Labute approximate surface area is 121 Å². The Balaban J connectivity index is 2.49. The fraction of sp³-hybridized carbons (Fsp3) is 0.500. The molecule has 2 amide bonds. The van der Waals surface area contributed by atoms with Crippen LogP contribution in [-0.4, -0.2) is 30.3 Å². The molecule has 118 valence electrons. The average molecular weight is 304 g/mol. The maximum Gasteiger partial charge on any atom is 0.416 e. The smallest absolute Gasteiger partial charge is 0.392 e. The number of alkyl halides is 3. The number of benzene rings is 1. The molecule has 1 unspecified atom stereocenters. The number of nitrogens with one attached hydrogen (secondary N) is 2. The van der Waals surface area contributed by atoms with Gasteiger partial charge in [-0.2, -0.15) is 13.2 Å². The van der Waals surface area contributed by atoms with Crippen LogP contribution in [0.15, 0.2) is 24.3 Å². The van der Waals surface area contributed by atoms with Crippen molar-refractivity contribution in [2.24, 2.45) is 0 Å². The fourth-order valence-electron chi connectivity index (χ4n) is 1.67. The van der Waals surface area contributed by atoms with Crippen molar-refractivity contribution in [3.05, 3.63) is 35.4 Å². The van der Waals surface area contributed by atoms with Gasteiger partial charge in [-0.3, -0.25) is 0 Å². The van der Waals surface area contributed by atoms with Crippen LogP contribution < -0.4 is 10.6 Å². The number of amides is 2. The molecule has 0 radical (unpaired) electrons. The maximum absolute atomic E-state index is 12.4. The molecule has 0 bridgehead atoms. The standard InChI is InChI=1S/C14H19F3N2O2/c1-9(7-18-13(21)19-8-10(2)20)11-3-5-12(6-4-11)14(15,16)17/h3-6,9-10,20H,7-8H2,1-2H3,(H2,18,19,21)/t9?,10-/m1/s1. The quantitative estimate of drug-likeness (QED) is 0.782. The highest BCUT2D eigenvalue weighted by atomic mass is 19.4. The Bertz CT molecular complexity index is 458. The molecule has 1 aromatic carbocycles. The zero-order chi connectivity index (χ0) is 16.0. The van der Waals surface area contributed by atoms with E-state index in [9.17, 15) is 18.0 Å². The van der Waals surface area contributed by atoms with Gasteiger partial charge >= 0.3 is 12.2 Å². The summed E-state index contributed by atoms with van der Waals surface area (Å²) >= 11 is 0. The van der Waals surface area contributed by atoms with Gasteiger partial charge in [0.15, 0.2) is 0 Å². The summed E-state index contributed by atoms with van der Waals surface area (Å²) in [7, 11) is 0. The monoisotopic (exact) mass is 304 g/mol. The summed E-state index contributed by atoms with van der Waals surface area (Å²) in [6.45, 7) is 3.78. The molecule has 21 heavy (non-hydrogen) atoms. The molecular formula is C14H19F3N2O2. The first-order valence-electron chi connectivity index (χ1n) is 6.57.